The number of nitrogens with one attached hydrogen (secondary N) is 2. The van der Waals surface area contributed by atoms with E-state index in [1.807, 2.05) is 0 Å². The van der Waals surface area contributed by atoms with Gasteiger partial charge in [-0.25, -0.2) is 13.2 Å². The highest BCUT2D eigenvalue weighted by Crippen LogP contribution is 2.65. The largest absolute Gasteiger partial charge is 0.419 e. The highest BCUT2D eigenvalue weighted by atomic mass is 35.5. The summed E-state index contributed by atoms with van der Waals surface area (Å²) in [6.07, 6.45) is -4.98. The Bertz CT molecular complexity index is 1460. The van der Waals surface area contributed by atoms with Crippen molar-refractivity contribution in [3.8, 4) is 0 Å². The van der Waals surface area contributed by atoms with E-state index in [2.05, 4.69) is 10.6 Å². The number of anilines is 2. The molecule has 0 saturated heterocycles. The molecule has 4 rings (SSSR count). The Labute approximate surface area is 226 Å². The minimum Gasteiger partial charge on any atom is -0.326 e. The normalized spacial score (nSPS) is 18.2. The van der Waals surface area contributed by atoms with E-state index in [9.17, 15) is 35.9 Å². The lowest BCUT2D eigenvalue weighted by Gasteiger charge is -2.13. The van der Waals surface area contributed by atoms with E-state index in [0.717, 1.165) is 25.1 Å². The van der Waals surface area contributed by atoms with Gasteiger partial charge in [0.25, 0.3) is 5.91 Å². The highest BCUT2D eigenvalue weighted by molar-refractivity contribution is 6.53. The minimum absolute atomic E-state index is 0.0465. The van der Waals surface area contributed by atoms with Crippen LogP contribution in [0.1, 0.15) is 33.0 Å². The van der Waals surface area contributed by atoms with Gasteiger partial charge in [0.15, 0.2) is 0 Å². The van der Waals surface area contributed by atoms with E-state index in [1.54, 1.807) is 0 Å². The molecule has 0 aromatic heterocycles. The lowest BCUT2D eigenvalue weighted by atomic mass is 10.0. The summed E-state index contributed by atoms with van der Waals surface area (Å²) in [6, 6.07) is 8.00. The number of hydrogen-bond donors (Lipinski definition) is 2. The molecule has 0 radical (unpaired) electrons. The number of amides is 2. The molecule has 38 heavy (non-hydrogen) atoms. The topological polar surface area (TPSA) is 58.2 Å². The number of hydrogen-bond acceptors (Lipinski definition) is 2. The summed E-state index contributed by atoms with van der Waals surface area (Å²) in [5.74, 6) is -7.25. The average Bonchev–Trinajstić information content (AvgIpc) is 3.39. The number of carbonyl (C=O) groups is 2. The molecule has 0 bridgehead atoms. The molecule has 1 aliphatic rings. The number of benzene rings is 3. The van der Waals surface area contributed by atoms with Gasteiger partial charge in [0.1, 0.15) is 21.8 Å². The van der Waals surface area contributed by atoms with E-state index in [0.29, 0.717) is 12.1 Å². The van der Waals surface area contributed by atoms with Gasteiger partial charge >= 0.3 is 6.18 Å². The fraction of sp³-hybridized carbons (Fsp3) is 0.200. The summed E-state index contributed by atoms with van der Waals surface area (Å²) in [7, 11) is 0. The first kappa shape index (κ1) is 28.1. The van der Waals surface area contributed by atoms with Gasteiger partial charge in [0.2, 0.25) is 5.91 Å². The van der Waals surface area contributed by atoms with Crippen molar-refractivity contribution in [1.29, 1.82) is 0 Å². The second-order valence-corrected chi connectivity index (χ2v) is 10.4. The summed E-state index contributed by atoms with van der Waals surface area (Å²) >= 11 is 18.5. The zero-order valence-corrected chi connectivity index (χ0v) is 21.3. The van der Waals surface area contributed by atoms with Gasteiger partial charge in [0.05, 0.1) is 27.8 Å². The maximum Gasteiger partial charge on any atom is 0.419 e. The van der Waals surface area contributed by atoms with E-state index in [-0.39, 0.29) is 33.1 Å². The molecule has 0 spiro atoms. The summed E-state index contributed by atoms with van der Waals surface area (Å²) in [5, 5.41) is 4.65. The quantitative estimate of drug-likeness (QED) is 0.233. The van der Waals surface area contributed by atoms with Crippen LogP contribution in [0.5, 0.6) is 0 Å². The molecule has 0 aliphatic heterocycles. The highest BCUT2D eigenvalue weighted by Gasteiger charge is 2.68. The molecule has 1 aliphatic carbocycles. The van der Waals surface area contributed by atoms with Crippen molar-refractivity contribution in [2.24, 2.45) is 5.92 Å². The minimum atomic E-state index is -4.98. The van der Waals surface area contributed by atoms with Crippen LogP contribution in [0.2, 0.25) is 5.02 Å². The van der Waals surface area contributed by atoms with Gasteiger partial charge in [-0.15, -0.1) is 23.2 Å². The molecule has 13 heteroatoms. The lowest BCUT2D eigenvalue weighted by molar-refractivity contribution is -0.140. The fourth-order valence-corrected chi connectivity index (χ4v) is 5.06. The van der Waals surface area contributed by atoms with Gasteiger partial charge in [0, 0.05) is 17.7 Å². The second kappa shape index (κ2) is 9.98. The van der Waals surface area contributed by atoms with Crippen LogP contribution < -0.4 is 10.6 Å². The molecule has 1 saturated carbocycles. The van der Waals surface area contributed by atoms with Crippen molar-refractivity contribution in [3.05, 3.63) is 93.3 Å². The molecular weight excluding hydrogens is 581 g/mol. The van der Waals surface area contributed by atoms with E-state index >= 15 is 0 Å². The zero-order valence-electron chi connectivity index (χ0n) is 19.0. The standard InChI is InChI=1S/C25H15Cl3F6N2O2/c1-10-6-11(7-15(21(10)31)25(32,33)34)19-20(24(19,27)28)23(38)35-13-3-4-16(26)14(9-13)22(37)36-18-5-2-12(29)8-17(18)30/h2-9,19-20H,1H3,(H,35,38)(H,36,37)/t19-,20+/m0/s1. The molecule has 1 fully saturated rings. The Morgan fingerprint density at radius 1 is 0.947 bits per heavy atom. The van der Waals surface area contributed by atoms with Crippen LogP contribution >= 0.6 is 34.8 Å². The van der Waals surface area contributed by atoms with E-state index in [4.69, 9.17) is 34.8 Å². The Hall–Kier alpha value is -2.95. The maximum absolute atomic E-state index is 14.1. The average molecular weight is 596 g/mol. The van der Waals surface area contributed by atoms with Crippen molar-refractivity contribution >= 4 is 58.0 Å². The van der Waals surface area contributed by atoms with Crippen molar-refractivity contribution in [2.45, 2.75) is 23.4 Å². The maximum atomic E-state index is 14.1. The van der Waals surface area contributed by atoms with Crippen LogP contribution in [0.15, 0.2) is 48.5 Å². The predicted octanol–water partition coefficient (Wildman–Crippen LogP) is 7.86. The molecule has 2 atom stereocenters. The van der Waals surface area contributed by atoms with Crippen LogP contribution in [0, 0.1) is 30.3 Å². The van der Waals surface area contributed by atoms with E-state index in [1.165, 1.54) is 18.2 Å². The molecular formula is C25H15Cl3F6N2O2. The predicted molar refractivity (Wildman–Crippen MR) is 131 cm³/mol. The Morgan fingerprint density at radius 3 is 2.26 bits per heavy atom. The third kappa shape index (κ3) is 5.43. The van der Waals surface area contributed by atoms with Crippen molar-refractivity contribution in [2.75, 3.05) is 10.6 Å². The molecule has 200 valence electrons. The third-order valence-corrected chi connectivity index (χ3v) is 7.21. The smallest absolute Gasteiger partial charge is 0.326 e. The monoisotopic (exact) mass is 594 g/mol. The van der Waals surface area contributed by atoms with Gasteiger partial charge in [-0.2, -0.15) is 13.2 Å². The molecule has 2 amide bonds. The zero-order chi connectivity index (χ0) is 28.2. The molecule has 0 heterocycles. The van der Waals surface area contributed by atoms with Crippen molar-refractivity contribution < 1.29 is 35.9 Å². The summed E-state index contributed by atoms with van der Waals surface area (Å²) in [6.45, 7) is 1.15. The van der Waals surface area contributed by atoms with Gasteiger partial charge in [-0.3, -0.25) is 9.59 Å². The number of carbonyl (C=O) groups excluding carboxylic acids is 2. The molecule has 2 N–H and O–H groups in total. The van der Waals surface area contributed by atoms with E-state index < -0.39 is 57.2 Å². The van der Waals surface area contributed by atoms with Crippen LogP contribution in [-0.2, 0) is 11.0 Å². The van der Waals surface area contributed by atoms with Gasteiger partial charge in [-0.1, -0.05) is 17.7 Å². The van der Waals surface area contributed by atoms with Crippen LogP contribution in [0.4, 0.5) is 37.7 Å². The SMILES string of the molecule is Cc1cc([C@H]2[C@H](C(=O)Nc3ccc(Cl)c(C(=O)Nc4ccc(F)cc4F)c3)C2(Cl)Cl)cc(C(F)(F)F)c1F. The first-order chi connectivity index (χ1) is 17.6. The van der Waals surface area contributed by atoms with Gasteiger partial charge in [-0.05, 0) is 54.4 Å². The summed E-state index contributed by atoms with van der Waals surface area (Å²) in [5.41, 5.74) is -2.31. The lowest BCUT2D eigenvalue weighted by Crippen LogP contribution is -2.18. The Kier molecular flexibility index (Phi) is 7.37. The number of aryl methyl sites for hydroxylation is 1. The number of alkyl halides is 5. The van der Waals surface area contributed by atoms with Crippen LogP contribution in [0.3, 0.4) is 0 Å². The summed E-state index contributed by atoms with van der Waals surface area (Å²) < 4.78 is 79.1. The third-order valence-electron chi connectivity index (χ3n) is 5.94. The first-order valence-electron chi connectivity index (χ1n) is 10.7. The first-order valence-corrected chi connectivity index (χ1v) is 11.9. The molecule has 0 unspecified atom stereocenters. The molecule has 4 nitrogen and oxygen atoms in total. The van der Waals surface area contributed by atoms with Crippen LogP contribution in [-0.4, -0.2) is 16.1 Å². The number of rotatable bonds is 5. The second-order valence-electron chi connectivity index (χ2n) is 8.59. The molecule has 3 aromatic carbocycles. The number of halogens is 9. The Morgan fingerprint density at radius 2 is 1.63 bits per heavy atom. The summed E-state index contributed by atoms with van der Waals surface area (Å²) in [4.78, 5) is 25.6. The Balaban J connectivity index is 1.55. The molecule has 3 aromatic rings. The van der Waals surface area contributed by atoms with Crippen molar-refractivity contribution in [3.63, 3.8) is 0 Å². The van der Waals surface area contributed by atoms with Crippen molar-refractivity contribution in [1.82, 2.24) is 0 Å². The fourth-order valence-electron chi connectivity index (χ4n) is 4.03. The van der Waals surface area contributed by atoms with Crippen LogP contribution in [0.25, 0.3) is 0 Å². The van der Waals surface area contributed by atoms with Gasteiger partial charge < -0.3 is 10.6 Å².